The Balaban J connectivity index is 1.84. The van der Waals surface area contributed by atoms with Gasteiger partial charge in [0, 0.05) is 17.4 Å². The Bertz CT molecular complexity index is 845. The van der Waals surface area contributed by atoms with Crippen LogP contribution in [0.4, 0.5) is 26.8 Å². The van der Waals surface area contributed by atoms with E-state index < -0.39 is 0 Å². The number of aromatic nitrogens is 2. The molecule has 3 aromatic rings. The molecule has 0 aliphatic carbocycles. The first-order valence-electron chi connectivity index (χ1n) is 6.58. The van der Waals surface area contributed by atoms with Gasteiger partial charge in [-0.05, 0) is 36.4 Å². The normalized spacial score (nSPS) is 10.5. The maximum atomic E-state index is 12.9. The number of nitrogens with one attached hydrogen (secondary N) is 1. The van der Waals surface area contributed by atoms with E-state index in [1.54, 1.807) is 24.3 Å². The molecule has 0 atom stereocenters. The second-order valence-corrected chi connectivity index (χ2v) is 5.67. The Morgan fingerprint density at radius 1 is 1.13 bits per heavy atom. The molecule has 0 aliphatic heterocycles. The molecule has 2 heterocycles. The van der Waals surface area contributed by atoms with Gasteiger partial charge in [0.1, 0.15) is 22.3 Å². The number of carbonyl (C=O) groups excluding carboxylic acids is 1. The van der Waals surface area contributed by atoms with E-state index in [2.05, 4.69) is 15.3 Å². The van der Waals surface area contributed by atoms with Gasteiger partial charge in [-0.3, -0.25) is 4.79 Å². The number of carbonyl (C=O) groups is 1. The highest BCUT2D eigenvalue weighted by Gasteiger charge is 2.18. The summed E-state index contributed by atoms with van der Waals surface area (Å²) in [4.78, 5) is 20.7. The summed E-state index contributed by atoms with van der Waals surface area (Å²) < 4.78 is 12.9. The van der Waals surface area contributed by atoms with E-state index in [0.717, 1.165) is 11.3 Å². The Morgan fingerprint density at radius 3 is 2.52 bits per heavy atom. The van der Waals surface area contributed by atoms with Crippen molar-refractivity contribution in [1.29, 1.82) is 0 Å². The number of thiazole rings is 1. The second kappa shape index (κ2) is 6.01. The molecule has 0 amide bonds. The Kier molecular flexibility index (Phi) is 3.90. The van der Waals surface area contributed by atoms with Gasteiger partial charge in [0.2, 0.25) is 5.78 Å². The molecule has 0 radical (unpaired) electrons. The van der Waals surface area contributed by atoms with Crippen LogP contribution in [0.2, 0.25) is 0 Å². The highest BCUT2D eigenvalue weighted by molar-refractivity contribution is 7.18. The van der Waals surface area contributed by atoms with Crippen molar-refractivity contribution in [3.63, 3.8) is 0 Å². The highest BCUT2D eigenvalue weighted by Crippen LogP contribution is 2.29. The van der Waals surface area contributed by atoms with Crippen LogP contribution in [0, 0.1) is 5.82 Å². The SMILES string of the molecule is Nc1ccc(C(=O)c2sc(Nc3ccc(F)cc3)nc2N)cn1. The number of pyridine rings is 1. The molecule has 1 aromatic carbocycles. The van der Waals surface area contributed by atoms with Gasteiger partial charge in [0.15, 0.2) is 5.13 Å². The van der Waals surface area contributed by atoms with Gasteiger partial charge in [-0.15, -0.1) is 0 Å². The summed E-state index contributed by atoms with van der Waals surface area (Å²) in [6, 6.07) is 8.91. The summed E-state index contributed by atoms with van der Waals surface area (Å²) in [6.45, 7) is 0. The molecule has 0 saturated carbocycles. The lowest BCUT2D eigenvalue weighted by Crippen LogP contribution is -2.03. The minimum atomic E-state index is -0.332. The number of nitrogen functional groups attached to an aromatic ring is 2. The first-order valence-corrected chi connectivity index (χ1v) is 7.39. The van der Waals surface area contributed by atoms with E-state index in [-0.39, 0.29) is 17.4 Å². The third-order valence-corrected chi connectivity index (χ3v) is 3.99. The molecule has 0 saturated heterocycles. The molecule has 3 rings (SSSR count). The second-order valence-electron chi connectivity index (χ2n) is 4.67. The van der Waals surface area contributed by atoms with E-state index in [0.29, 0.717) is 27.1 Å². The number of halogens is 1. The van der Waals surface area contributed by atoms with Crippen molar-refractivity contribution in [2.24, 2.45) is 0 Å². The lowest BCUT2D eigenvalue weighted by Gasteiger charge is -2.01. The van der Waals surface area contributed by atoms with Gasteiger partial charge in [0.25, 0.3) is 0 Å². The van der Waals surface area contributed by atoms with E-state index in [4.69, 9.17) is 11.5 Å². The molecule has 8 heteroatoms. The van der Waals surface area contributed by atoms with Gasteiger partial charge >= 0.3 is 0 Å². The van der Waals surface area contributed by atoms with E-state index >= 15 is 0 Å². The van der Waals surface area contributed by atoms with Crippen molar-refractivity contribution in [1.82, 2.24) is 9.97 Å². The molecule has 0 spiro atoms. The van der Waals surface area contributed by atoms with Crippen molar-refractivity contribution in [2.45, 2.75) is 0 Å². The quantitative estimate of drug-likeness (QED) is 0.635. The molecule has 0 bridgehead atoms. The first kappa shape index (κ1) is 14.9. The van der Waals surface area contributed by atoms with Crippen LogP contribution in [0.1, 0.15) is 15.2 Å². The molecular formula is C15H12FN5OS. The highest BCUT2D eigenvalue weighted by atomic mass is 32.1. The predicted octanol–water partition coefficient (Wildman–Crippen LogP) is 2.82. The van der Waals surface area contributed by atoms with Gasteiger partial charge < -0.3 is 16.8 Å². The van der Waals surface area contributed by atoms with Crippen molar-refractivity contribution in [2.75, 3.05) is 16.8 Å². The van der Waals surface area contributed by atoms with Crippen LogP contribution in [0.3, 0.4) is 0 Å². The van der Waals surface area contributed by atoms with Crippen molar-refractivity contribution >= 4 is 39.6 Å². The zero-order valence-electron chi connectivity index (χ0n) is 11.8. The van der Waals surface area contributed by atoms with Gasteiger partial charge in [0.05, 0.1) is 0 Å². The van der Waals surface area contributed by atoms with Crippen molar-refractivity contribution in [3.05, 3.63) is 58.9 Å². The first-order chi connectivity index (χ1) is 11.0. The molecule has 0 aliphatic rings. The molecule has 6 nitrogen and oxygen atoms in total. The minimum absolute atomic E-state index is 0.126. The van der Waals surface area contributed by atoms with E-state index in [1.807, 2.05) is 0 Å². The smallest absolute Gasteiger partial charge is 0.208 e. The predicted molar refractivity (Wildman–Crippen MR) is 88.3 cm³/mol. The topological polar surface area (TPSA) is 107 Å². The summed E-state index contributed by atoms with van der Waals surface area (Å²) in [6.07, 6.45) is 1.39. The van der Waals surface area contributed by atoms with Crippen LogP contribution in [0.25, 0.3) is 0 Å². The van der Waals surface area contributed by atoms with E-state index in [1.165, 1.54) is 18.3 Å². The van der Waals surface area contributed by atoms with Crippen molar-refractivity contribution < 1.29 is 9.18 Å². The fourth-order valence-electron chi connectivity index (χ4n) is 1.88. The maximum absolute atomic E-state index is 12.9. The third kappa shape index (κ3) is 3.27. The zero-order chi connectivity index (χ0) is 16.4. The van der Waals surface area contributed by atoms with Crippen LogP contribution in [-0.4, -0.2) is 15.8 Å². The minimum Gasteiger partial charge on any atom is -0.384 e. The van der Waals surface area contributed by atoms with Gasteiger partial charge in [-0.2, -0.15) is 0 Å². The van der Waals surface area contributed by atoms with Crippen LogP contribution < -0.4 is 16.8 Å². The number of rotatable bonds is 4. The van der Waals surface area contributed by atoms with Crippen LogP contribution in [-0.2, 0) is 0 Å². The largest absolute Gasteiger partial charge is 0.384 e. The molecule has 0 fully saturated rings. The summed E-state index contributed by atoms with van der Waals surface area (Å²) in [5.41, 5.74) is 12.3. The number of benzene rings is 1. The zero-order valence-corrected chi connectivity index (χ0v) is 12.6. The number of hydrogen-bond acceptors (Lipinski definition) is 7. The van der Waals surface area contributed by atoms with Crippen LogP contribution >= 0.6 is 11.3 Å². The summed E-state index contributed by atoms with van der Waals surface area (Å²) >= 11 is 1.12. The maximum Gasteiger partial charge on any atom is 0.208 e. The Labute approximate surface area is 135 Å². The van der Waals surface area contributed by atoms with Gasteiger partial charge in [-0.1, -0.05) is 11.3 Å². The third-order valence-electron chi connectivity index (χ3n) is 3.00. The fourth-order valence-corrected chi connectivity index (χ4v) is 2.74. The summed E-state index contributed by atoms with van der Waals surface area (Å²) in [7, 11) is 0. The number of nitrogens with zero attached hydrogens (tertiary/aromatic N) is 2. The molecular weight excluding hydrogens is 317 g/mol. The number of ketones is 1. The number of hydrogen-bond donors (Lipinski definition) is 3. The average molecular weight is 329 g/mol. The Hall–Kier alpha value is -3.00. The number of anilines is 4. The molecule has 0 unspecified atom stereocenters. The molecule has 116 valence electrons. The number of nitrogens with two attached hydrogens (primary N) is 2. The summed E-state index contributed by atoms with van der Waals surface area (Å²) in [5, 5.41) is 3.43. The molecule has 5 N–H and O–H groups in total. The lowest BCUT2D eigenvalue weighted by atomic mass is 10.1. The standard InChI is InChI=1S/C15H12FN5OS/c16-9-2-4-10(5-3-9)20-15-21-14(18)13(23-15)12(22)8-1-6-11(17)19-7-8/h1-7H,18H2,(H2,17,19)(H,20,21). The lowest BCUT2D eigenvalue weighted by molar-refractivity contribution is 0.104. The average Bonchev–Trinajstić information content (AvgIpc) is 2.90. The fraction of sp³-hybridized carbons (Fsp3) is 0. The van der Waals surface area contributed by atoms with E-state index in [9.17, 15) is 9.18 Å². The van der Waals surface area contributed by atoms with Crippen molar-refractivity contribution in [3.8, 4) is 0 Å². The summed E-state index contributed by atoms with van der Waals surface area (Å²) in [5.74, 6) is -0.153. The monoisotopic (exact) mass is 329 g/mol. The molecule has 2 aromatic heterocycles. The van der Waals surface area contributed by atoms with Crippen LogP contribution in [0.5, 0.6) is 0 Å². The Morgan fingerprint density at radius 2 is 1.87 bits per heavy atom. The molecule has 23 heavy (non-hydrogen) atoms. The van der Waals surface area contributed by atoms with Gasteiger partial charge in [-0.25, -0.2) is 14.4 Å². The van der Waals surface area contributed by atoms with Crippen LogP contribution in [0.15, 0.2) is 42.6 Å².